The molecule has 2 aromatic heterocycles. The summed E-state index contributed by atoms with van der Waals surface area (Å²) in [5.41, 5.74) is 7.22. The molecule has 4 nitrogen and oxygen atoms in total. The van der Waals surface area contributed by atoms with Gasteiger partial charge in [-0.25, -0.2) is 4.98 Å². The second-order valence-corrected chi connectivity index (χ2v) is 6.53. The number of nitrogens with two attached hydrogens (primary N) is 1. The fraction of sp³-hybridized carbons (Fsp3) is 0.462. The average Bonchev–Trinajstić information content (AvgIpc) is 2.69. The van der Waals surface area contributed by atoms with Crippen LogP contribution in [-0.2, 0) is 12.8 Å². The second-order valence-electron chi connectivity index (χ2n) is 4.62. The molecule has 0 fully saturated rings. The highest BCUT2D eigenvalue weighted by Crippen LogP contribution is 2.34. The van der Waals surface area contributed by atoms with Crippen LogP contribution < -0.4 is 5.73 Å². The maximum atomic E-state index is 5.75. The van der Waals surface area contributed by atoms with Gasteiger partial charge in [0.25, 0.3) is 0 Å². The smallest absolute Gasteiger partial charge is 0.224 e. The molecule has 3 rings (SSSR count). The number of aryl methyl sites for hydroxylation is 2. The standard InChI is InChI=1S/C13H16N4S2/c1-18-13-16-11(15-12(14)17-13)10-7-8-5-3-2-4-6-9(8)19-10/h7H,2-6H2,1H3,(H2,14,15,16,17). The van der Waals surface area contributed by atoms with Crippen molar-refractivity contribution in [3.8, 4) is 10.7 Å². The molecule has 0 aromatic carbocycles. The summed E-state index contributed by atoms with van der Waals surface area (Å²) < 4.78 is 0. The van der Waals surface area contributed by atoms with Gasteiger partial charge in [-0.3, -0.25) is 0 Å². The van der Waals surface area contributed by atoms with Gasteiger partial charge in [0.05, 0.1) is 4.88 Å². The largest absolute Gasteiger partial charge is 0.368 e. The number of hydrogen-bond donors (Lipinski definition) is 1. The number of rotatable bonds is 2. The third-order valence-electron chi connectivity index (χ3n) is 3.28. The first-order valence-corrected chi connectivity index (χ1v) is 8.48. The van der Waals surface area contributed by atoms with Crippen LogP contribution in [0.25, 0.3) is 10.7 Å². The van der Waals surface area contributed by atoms with Gasteiger partial charge in [-0.1, -0.05) is 18.2 Å². The number of fused-ring (bicyclic) bond motifs is 1. The van der Waals surface area contributed by atoms with Crippen molar-refractivity contribution in [3.63, 3.8) is 0 Å². The lowest BCUT2D eigenvalue weighted by Gasteiger charge is -2.00. The predicted octanol–water partition coefficient (Wildman–Crippen LogP) is 3.17. The SMILES string of the molecule is CSc1nc(N)nc(-c2cc3c(s2)CCCCC3)n1. The summed E-state index contributed by atoms with van der Waals surface area (Å²) >= 11 is 3.30. The molecule has 0 unspecified atom stereocenters. The Morgan fingerprint density at radius 3 is 2.84 bits per heavy atom. The van der Waals surface area contributed by atoms with Crippen molar-refractivity contribution in [2.45, 2.75) is 37.3 Å². The zero-order chi connectivity index (χ0) is 13.2. The van der Waals surface area contributed by atoms with E-state index in [9.17, 15) is 0 Å². The fourth-order valence-electron chi connectivity index (χ4n) is 2.35. The van der Waals surface area contributed by atoms with Crippen LogP contribution in [-0.4, -0.2) is 21.2 Å². The molecule has 1 aliphatic rings. The van der Waals surface area contributed by atoms with E-state index in [0.717, 1.165) is 10.7 Å². The van der Waals surface area contributed by atoms with Gasteiger partial charge < -0.3 is 5.73 Å². The van der Waals surface area contributed by atoms with Gasteiger partial charge in [0.1, 0.15) is 0 Å². The highest BCUT2D eigenvalue weighted by Gasteiger charge is 2.15. The second kappa shape index (κ2) is 5.46. The lowest BCUT2D eigenvalue weighted by molar-refractivity contribution is 0.712. The first-order chi connectivity index (χ1) is 9.26. The van der Waals surface area contributed by atoms with Gasteiger partial charge in [0, 0.05) is 4.88 Å². The molecule has 0 atom stereocenters. The van der Waals surface area contributed by atoms with E-state index in [4.69, 9.17) is 5.73 Å². The zero-order valence-electron chi connectivity index (χ0n) is 10.8. The summed E-state index contributed by atoms with van der Waals surface area (Å²) in [6.45, 7) is 0. The molecular formula is C13H16N4S2. The zero-order valence-corrected chi connectivity index (χ0v) is 12.5. The minimum Gasteiger partial charge on any atom is -0.368 e. The molecule has 2 heterocycles. The van der Waals surface area contributed by atoms with Crippen LogP contribution in [0.2, 0.25) is 0 Å². The summed E-state index contributed by atoms with van der Waals surface area (Å²) in [6, 6.07) is 2.24. The number of thioether (sulfide) groups is 1. The first kappa shape index (κ1) is 12.9. The third kappa shape index (κ3) is 2.74. The number of hydrogen-bond acceptors (Lipinski definition) is 6. The molecule has 0 aliphatic heterocycles. The van der Waals surface area contributed by atoms with Crippen molar-refractivity contribution < 1.29 is 0 Å². The highest BCUT2D eigenvalue weighted by molar-refractivity contribution is 7.98. The van der Waals surface area contributed by atoms with Gasteiger partial charge in [0.15, 0.2) is 11.0 Å². The van der Waals surface area contributed by atoms with Crippen LogP contribution in [0.15, 0.2) is 11.2 Å². The Morgan fingerprint density at radius 1 is 1.16 bits per heavy atom. The summed E-state index contributed by atoms with van der Waals surface area (Å²) in [6.07, 6.45) is 8.24. The molecule has 19 heavy (non-hydrogen) atoms. The molecule has 2 aromatic rings. The summed E-state index contributed by atoms with van der Waals surface area (Å²) in [7, 11) is 0. The van der Waals surface area contributed by atoms with E-state index in [1.165, 1.54) is 54.3 Å². The van der Waals surface area contributed by atoms with Crippen LogP contribution in [0, 0.1) is 0 Å². The van der Waals surface area contributed by atoms with Crippen molar-refractivity contribution in [1.82, 2.24) is 15.0 Å². The number of thiophene rings is 1. The number of anilines is 1. The van der Waals surface area contributed by atoms with Crippen LogP contribution >= 0.6 is 23.1 Å². The highest BCUT2D eigenvalue weighted by atomic mass is 32.2. The molecule has 1 aliphatic carbocycles. The van der Waals surface area contributed by atoms with Gasteiger partial charge >= 0.3 is 0 Å². The van der Waals surface area contributed by atoms with Crippen LogP contribution in [0.4, 0.5) is 5.95 Å². The Morgan fingerprint density at radius 2 is 2.00 bits per heavy atom. The van der Waals surface area contributed by atoms with Crippen LogP contribution in [0.3, 0.4) is 0 Å². The Kier molecular flexibility index (Phi) is 3.70. The summed E-state index contributed by atoms with van der Waals surface area (Å²) in [4.78, 5) is 15.4. The molecular weight excluding hydrogens is 276 g/mol. The summed E-state index contributed by atoms with van der Waals surface area (Å²) in [5.74, 6) is 1.02. The Balaban J connectivity index is 2.00. The first-order valence-electron chi connectivity index (χ1n) is 6.44. The van der Waals surface area contributed by atoms with E-state index in [2.05, 4.69) is 21.0 Å². The molecule has 0 radical (unpaired) electrons. The molecule has 0 saturated heterocycles. The third-order valence-corrected chi connectivity index (χ3v) is 5.06. The number of aromatic nitrogens is 3. The van der Waals surface area contributed by atoms with Gasteiger partial charge in [-0.05, 0) is 43.6 Å². The van der Waals surface area contributed by atoms with Crippen molar-refractivity contribution in [2.75, 3.05) is 12.0 Å². The van der Waals surface area contributed by atoms with Crippen molar-refractivity contribution in [3.05, 3.63) is 16.5 Å². The molecule has 100 valence electrons. The lowest BCUT2D eigenvalue weighted by atomic mass is 10.1. The van der Waals surface area contributed by atoms with E-state index >= 15 is 0 Å². The van der Waals surface area contributed by atoms with Crippen LogP contribution in [0.1, 0.15) is 29.7 Å². The summed E-state index contributed by atoms with van der Waals surface area (Å²) in [5, 5.41) is 0.686. The quantitative estimate of drug-likeness (QED) is 0.680. The average molecular weight is 292 g/mol. The van der Waals surface area contributed by atoms with Crippen molar-refractivity contribution >= 4 is 29.0 Å². The minimum atomic E-state index is 0.304. The maximum absolute atomic E-state index is 5.75. The number of nitrogens with zero attached hydrogens (tertiary/aromatic N) is 3. The topological polar surface area (TPSA) is 64.7 Å². The van der Waals surface area contributed by atoms with Crippen LogP contribution in [0.5, 0.6) is 0 Å². The van der Waals surface area contributed by atoms with Gasteiger partial charge in [-0.2, -0.15) is 9.97 Å². The van der Waals surface area contributed by atoms with Crippen molar-refractivity contribution in [1.29, 1.82) is 0 Å². The van der Waals surface area contributed by atoms with E-state index in [1.807, 2.05) is 17.6 Å². The number of nitrogen functional groups attached to an aromatic ring is 1. The minimum absolute atomic E-state index is 0.304. The predicted molar refractivity (Wildman–Crippen MR) is 80.6 cm³/mol. The fourth-order valence-corrected chi connectivity index (χ4v) is 3.90. The Bertz CT molecular complexity index is 571. The van der Waals surface area contributed by atoms with E-state index < -0.39 is 0 Å². The monoisotopic (exact) mass is 292 g/mol. The molecule has 0 bridgehead atoms. The molecule has 0 spiro atoms. The molecule has 0 amide bonds. The molecule has 0 saturated carbocycles. The molecule has 6 heteroatoms. The molecule has 2 N–H and O–H groups in total. The Labute approximate surface area is 120 Å². The Hall–Kier alpha value is -1.14. The van der Waals surface area contributed by atoms with E-state index in [1.54, 1.807) is 0 Å². The van der Waals surface area contributed by atoms with Gasteiger partial charge in [0.2, 0.25) is 5.95 Å². The maximum Gasteiger partial charge on any atom is 0.224 e. The lowest BCUT2D eigenvalue weighted by Crippen LogP contribution is -2.00. The normalized spacial score (nSPS) is 15.0. The van der Waals surface area contributed by atoms with E-state index in [0.29, 0.717) is 11.1 Å². The van der Waals surface area contributed by atoms with Gasteiger partial charge in [-0.15, -0.1) is 11.3 Å². The van der Waals surface area contributed by atoms with E-state index in [-0.39, 0.29) is 0 Å². The van der Waals surface area contributed by atoms with Crippen molar-refractivity contribution in [2.24, 2.45) is 0 Å².